The van der Waals surface area contributed by atoms with Gasteiger partial charge in [0.25, 0.3) is 0 Å². The lowest BCUT2D eigenvalue weighted by Crippen LogP contribution is -2.20. The van der Waals surface area contributed by atoms with E-state index in [1.54, 1.807) is 19.1 Å². The molecule has 0 saturated carbocycles. The molecule has 0 bridgehead atoms. The lowest BCUT2D eigenvalue weighted by molar-refractivity contribution is -0.115. The first kappa shape index (κ1) is 11.3. The molecule has 1 atom stereocenters. The van der Waals surface area contributed by atoms with Gasteiger partial charge in [0.2, 0.25) is 5.91 Å². The van der Waals surface area contributed by atoms with Gasteiger partial charge in [-0.25, -0.2) is 0 Å². The third-order valence-corrected chi connectivity index (χ3v) is 2.25. The maximum Gasteiger partial charge on any atom is 0.242 e. The van der Waals surface area contributed by atoms with Gasteiger partial charge in [-0.1, -0.05) is 17.7 Å². The van der Waals surface area contributed by atoms with Crippen LogP contribution in [0.5, 0.6) is 0 Å². The Labute approximate surface area is 93.2 Å². The highest BCUT2D eigenvalue weighted by atomic mass is 35.5. The van der Waals surface area contributed by atoms with Crippen molar-refractivity contribution >= 4 is 34.8 Å². The zero-order chi connectivity index (χ0) is 10.7. The molecule has 0 aliphatic rings. The topological polar surface area (TPSA) is 29.1 Å². The van der Waals surface area contributed by atoms with Gasteiger partial charge in [0, 0.05) is 0 Å². The molecule has 0 heterocycles. The second-order valence-corrected chi connectivity index (χ2v) is 4.15. The number of hydrogen-bond donors (Lipinski definition) is 1. The molecule has 0 unspecified atom stereocenters. The largest absolute Gasteiger partial charge is 0.323 e. The first-order chi connectivity index (χ1) is 6.50. The predicted octanol–water partition coefficient (Wildman–Crippen LogP) is 3.21. The molecule has 14 heavy (non-hydrogen) atoms. The maximum atomic E-state index is 11.2. The highest BCUT2D eigenvalue weighted by Gasteiger charge is 2.10. The van der Waals surface area contributed by atoms with Crippen LogP contribution in [0, 0.1) is 6.92 Å². The van der Waals surface area contributed by atoms with Crippen molar-refractivity contribution in [2.45, 2.75) is 19.2 Å². The number of alkyl halides is 1. The van der Waals surface area contributed by atoms with E-state index in [4.69, 9.17) is 23.2 Å². The number of halogens is 2. The SMILES string of the molecule is Cc1ccc(NC(=O)[C@@H](C)Cl)c(Cl)c1. The van der Waals surface area contributed by atoms with E-state index in [0.717, 1.165) is 5.56 Å². The van der Waals surface area contributed by atoms with E-state index < -0.39 is 5.38 Å². The number of benzene rings is 1. The second-order valence-electron chi connectivity index (χ2n) is 3.09. The van der Waals surface area contributed by atoms with E-state index in [-0.39, 0.29) is 5.91 Å². The third kappa shape index (κ3) is 2.89. The van der Waals surface area contributed by atoms with Gasteiger partial charge >= 0.3 is 0 Å². The minimum Gasteiger partial charge on any atom is -0.323 e. The fourth-order valence-electron chi connectivity index (χ4n) is 0.954. The summed E-state index contributed by atoms with van der Waals surface area (Å²) in [5.74, 6) is -0.252. The first-order valence-corrected chi connectivity index (χ1v) is 5.03. The van der Waals surface area contributed by atoms with Crippen LogP contribution in [0.25, 0.3) is 0 Å². The van der Waals surface area contributed by atoms with Gasteiger partial charge < -0.3 is 5.32 Å². The molecule has 1 N–H and O–H groups in total. The van der Waals surface area contributed by atoms with Gasteiger partial charge in [0.05, 0.1) is 10.7 Å². The van der Waals surface area contributed by atoms with E-state index in [0.29, 0.717) is 10.7 Å². The predicted molar refractivity (Wildman–Crippen MR) is 60.1 cm³/mol. The van der Waals surface area contributed by atoms with Crippen LogP contribution in [0.2, 0.25) is 5.02 Å². The number of rotatable bonds is 2. The minimum absolute atomic E-state index is 0.252. The lowest BCUT2D eigenvalue weighted by atomic mass is 10.2. The van der Waals surface area contributed by atoms with Crippen molar-refractivity contribution in [2.75, 3.05) is 5.32 Å². The number of nitrogens with one attached hydrogen (secondary N) is 1. The summed E-state index contributed by atoms with van der Waals surface area (Å²) in [6.07, 6.45) is 0. The van der Waals surface area contributed by atoms with Gasteiger partial charge in [-0.2, -0.15) is 0 Å². The molecule has 1 aromatic carbocycles. The van der Waals surface area contributed by atoms with Crippen LogP contribution >= 0.6 is 23.2 Å². The smallest absolute Gasteiger partial charge is 0.242 e. The van der Waals surface area contributed by atoms with Crippen molar-refractivity contribution < 1.29 is 4.79 Å². The Bertz CT molecular complexity index is 350. The average Bonchev–Trinajstić information content (AvgIpc) is 2.09. The molecule has 0 aliphatic heterocycles. The summed E-state index contributed by atoms with van der Waals surface area (Å²) < 4.78 is 0. The molecule has 4 heteroatoms. The molecule has 1 aromatic rings. The summed E-state index contributed by atoms with van der Waals surface area (Å²) in [6.45, 7) is 3.54. The van der Waals surface area contributed by atoms with Crippen molar-refractivity contribution in [1.82, 2.24) is 0 Å². The summed E-state index contributed by atoms with van der Waals surface area (Å²) in [5, 5.41) is 2.60. The van der Waals surface area contributed by atoms with Crippen LogP contribution in [0.4, 0.5) is 5.69 Å². The zero-order valence-corrected chi connectivity index (χ0v) is 9.49. The normalized spacial score (nSPS) is 12.3. The summed E-state index contributed by atoms with van der Waals surface area (Å²) in [7, 11) is 0. The van der Waals surface area contributed by atoms with E-state index in [1.165, 1.54) is 0 Å². The standard InChI is InChI=1S/C10H11Cl2NO/c1-6-3-4-9(8(12)5-6)13-10(14)7(2)11/h3-5,7H,1-2H3,(H,13,14)/t7-/m1/s1. The molecular weight excluding hydrogens is 221 g/mol. The van der Waals surface area contributed by atoms with Gasteiger partial charge in [0.15, 0.2) is 0 Å². The van der Waals surface area contributed by atoms with Crippen LogP contribution in [0.3, 0.4) is 0 Å². The first-order valence-electron chi connectivity index (χ1n) is 4.22. The number of carbonyl (C=O) groups is 1. The van der Waals surface area contributed by atoms with Crippen LogP contribution in [0.15, 0.2) is 18.2 Å². The number of carbonyl (C=O) groups excluding carboxylic acids is 1. The molecule has 0 saturated heterocycles. The Morgan fingerprint density at radius 1 is 1.50 bits per heavy atom. The summed E-state index contributed by atoms with van der Waals surface area (Å²) in [6, 6.07) is 5.42. The van der Waals surface area contributed by atoms with Gasteiger partial charge in [-0.3, -0.25) is 4.79 Å². The van der Waals surface area contributed by atoms with Crippen LogP contribution in [0.1, 0.15) is 12.5 Å². The van der Waals surface area contributed by atoms with Crippen molar-refractivity contribution in [1.29, 1.82) is 0 Å². The minimum atomic E-state index is -0.563. The quantitative estimate of drug-likeness (QED) is 0.779. The van der Waals surface area contributed by atoms with Crippen LogP contribution < -0.4 is 5.32 Å². The lowest BCUT2D eigenvalue weighted by Gasteiger charge is -2.08. The number of hydrogen-bond acceptors (Lipinski definition) is 1. The molecule has 0 spiro atoms. The van der Waals surface area contributed by atoms with Gasteiger partial charge in [-0.15, -0.1) is 11.6 Å². The highest BCUT2D eigenvalue weighted by Crippen LogP contribution is 2.22. The maximum absolute atomic E-state index is 11.2. The van der Waals surface area contributed by atoms with Crippen LogP contribution in [-0.2, 0) is 4.79 Å². The molecule has 76 valence electrons. The van der Waals surface area contributed by atoms with Crippen molar-refractivity contribution in [2.24, 2.45) is 0 Å². The van der Waals surface area contributed by atoms with E-state index in [1.807, 2.05) is 13.0 Å². The molecule has 1 amide bonds. The van der Waals surface area contributed by atoms with Gasteiger partial charge in [0.1, 0.15) is 5.38 Å². The molecule has 2 nitrogen and oxygen atoms in total. The van der Waals surface area contributed by atoms with E-state index in [2.05, 4.69) is 5.32 Å². The fourth-order valence-corrected chi connectivity index (χ4v) is 1.29. The monoisotopic (exact) mass is 231 g/mol. The number of aryl methyl sites for hydroxylation is 1. The second kappa shape index (κ2) is 4.67. The Balaban J connectivity index is 2.82. The Morgan fingerprint density at radius 3 is 2.64 bits per heavy atom. The molecule has 0 aromatic heterocycles. The van der Waals surface area contributed by atoms with Gasteiger partial charge in [-0.05, 0) is 31.5 Å². The summed E-state index contributed by atoms with van der Waals surface area (Å²) in [4.78, 5) is 11.2. The number of anilines is 1. The number of amides is 1. The Kier molecular flexibility index (Phi) is 3.78. The molecule has 0 radical (unpaired) electrons. The third-order valence-electron chi connectivity index (χ3n) is 1.74. The molecular formula is C10H11Cl2NO. The highest BCUT2D eigenvalue weighted by molar-refractivity contribution is 6.35. The molecule has 0 fully saturated rings. The van der Waals surface area contributed by atoms with Crippen LogP contribution in [-0.4, -0.2) is 11.3 Å². The van der Waals surface area contributed by atoms with Crippen molar-refractivity contribution in [3.05, 3.63) is 28.8 Å². The van der Waals surface area contributed by atoms with E-state index >= 15 is 0 Å². The van der Waals surface area contributed by atoms with Crippen molar-refractivity contribution in [3.63, 3.8) is 0 Å². The fraction of sp³-hybridized carbons (Fsp3) is 0.300. The summed E-state index contributed by atoms with van der Waals surface area (Å²) in [5.41, 5.74) is 1.64. The average molecular weight is 232 g/mol. The Hall–Kier alpha value is -0.730. The summed E-state index contributed by atoms with van der Waals surface area (Å²) >= 11 is 11.5. The van der Waals surface area contributed by atoms with Crippen molar-refractivity contribution in [3.8, 4) is 0 Å². The van der Waals surface area contributed by atoms with E-state index in [9.17, 15) is 4.79 Å². The molecule has 0 aliphatic carbocycles. The Morgan fingerprint density at radius 2 is 2.14 bits per heavy atom. The zero-order valence-electron chi connectivity index (χ0n) is 7.97. The molecule has 1 rings (SSSR count).